The molecule has 112 valence electrons. The van der Waals surface area contributed by atoms with Crippen LogP contribution in [0.1, 0.15) is 33.1 Å². The van der Waals surface area contributed by atoms with Crippen LogP contribution in [0.5, 0.6) is 0 Å². The van der Waals surface area contributed by atoms with Crippen molar-refractivity contribution in [1.29, 1.82) is 10.5 Å². The lowest BCUT2D eigenvalue weighted by molar-refractivity contribution is 0.156. The fourth-order valence-corrected chi connectivity index (χ4v) is 4.01. The third-order valence-electron chi connectivity index (χ3n) is 3.66. The third-order valence-corrected chi connectivity index (χ3v) is 5.90. The van der Waals surface area contributed by atoms with Crippen LogP contribution in [-0.2, 0) is 10.0 Å². The van der Waals surface area contributed by atoms with E-state index in [1.807, 2.05) is 17.9 Å². The molecular weight excluding hydrogens is 276 g/mol. The lowest BCUT2D eigenvalue weighted by Crippen LogP contribution is -2.53. The van der Waals surface area contributed by atoms with Crippen molar-refractivity contribution in [3.63, 3.8) is 0 Å². The molecule has 1 saturated heterocycles. The molecule has 0 spiro atoms. The largest absolute Gasteiger partial charge is 0.285 e. The van der Waals surface area contributed by atoms with Crippen LogP contribution in [0.2, 0.25) is 0 Å². The average molecular weight is 298 g/mol. The van der Waals surface area contributed by atoms with Crippen LogP contribution in [0, 0.1) is 22.7 Å². The summed E-state index contributed by atoms with van der Waals surface area (Å²) in [6.07, 6.45) is 2.04. The summed E-state index contributed by atoms with van der Waals surface area (Å²) in [5, 5.41) is 17.1. The SMILES string of the molecule is CCCC(C#N)N1CCN(S(=O)(=O)C(C#N)CC)CC1. The highest BCUT2D eigenvalue weighted by atomic mass is 32.2. The Hall–Kier alpha value is -1.15. The minimum absolute atomic E-state index is 0.136. The Morgan fingerprint density at radius 3 is 2.10 bits per heavy atom. The maximum atomic E-state index is 12.2. The predicted molar refractivity (Wildman–Crippen MR) is 76.1 cm³/mol. The van der Waals surface area contributed by atoms with Crippen molar-refractivity contribution in [2.24, 2.45) is 0 Å². The molecule has 7 heteroatoms. The van der Waals surface area contributed by atoms with E-state index in [0.717, 1.165) is 12.8 Å². The van der Waals surface area contributed by atoms with E-state index >= 15 is 0 Å². The Kier molecular flexibility index (Phi) is 6.41. The second-order valence-electron chi connectivity index (χ2n) is 4.94. The average Bonchev–Trinajstić information content (AvgIpc) is 2.46. The molecule has 0 radical (unpaired) electrons. The number of piperazine rings is 1. The first-order chi connectivity index (χ1) is 9.51. The van der Waals surface area contributed by atoms with Crippen LogP contribution < -0.4 is 0 Å². The quantitative estimate of drug-likeness (QED) is 0.728. The fraction of sp³-hybridized carbons (Fsp3) is 0.846. The summed E-state index contributed by atoms with van der Waals surface area (Å²) in [4.78, 5) is 2.03. The summed E-state index contributed by atoms with van der Waals surface area (Å²) in [7, 11) is -3.53. The zero-order chi connectivity index (χ0) is 15.2. The molecule has 0 N–H and O–H groups in total. The van der Waals surface area contributed by atoms with Crippen LogP contribution in [-0.4, -0.2) is 55.1 Å². The van der Waals surface area contributed by atoms with E-state index in [4.69, 9.17) is 10.5 Å². The number of hydrogen-bond donors (Lipinski definition) is 0. The molecule has 20 heavy (non-hydrogen) atoms. The molecule has 1 heterocycles. The molecule has 0 saturated carbocycles. The van der Waals surface area contributed by atoms with Crippen molar-refractivity contribution < 1.29 is 8.42 Å². The molecule has 0 amide bonds. The number of rotatable bonds is 6. The summed E-state index contributed by atoms with van der Waals surface area (Å²) in [5.41, 5.74) is 0. The summed E-state index contributed by atoms with van der Waals surface area (Å²) < 4.78 is 25.9. The van der Waals surface area contributed by atoms with Gasteiger partial charge in [-0.3, -0.25) is 4.90 Å². The Bertz CT molecular complexity index is 483. The highest BCUT2D eigenvalue weighted by Crippen LogP contribution is 2.17. The van der Waals surface area contributed by atoms with E-state index in [1.54, 1.807) is 6.92 Å². The molecule has 0 bridgehead atoms. The zero-order valence-electron chi connectivity index (χ0n) is 12.1. The summed E-state index contributed by atoms with van der Waals surface area (Å²) in [6, 6.07) is 4.00. The van der Waals surface area contributed by atoms with Crippen molar-refractivity contribution >= 4 is 10.0 Å². The number of hydrogen-bond acceptors (Lipinski definition) is 5. The summed E-state index contributed by atoms with van der Waals surface area (Å²) in [5.74, 6) is 0. The van der Waals surface area contributed by atoms with Gasteiger partial charge in [-0.1, -0.05) is 20.3 Å². The van der Waals surface area contributed by atoms with Gasteiger partial charge in [0, 0.05) is 26.2 Å². The van der Waals surface area contributed by atoms with Gasteiger partial charge in [-0.25, -0.2) is 8.42 Å². The van der Waals surface area contributed by atoms with Crippen molar-refractivity contribution in [2.45, 2.75) is 44.4 Å². The molecule has 1 rings (SSSR count). The van der Waals surface area contributed by atoms with Gasteiger partial charge in [0.2, 0.25) is 10.0 Å². The van der Waals surface area contributed by atoms with Gasteiger partial charge in [0.1, 0.15) is 0 Å². The molecular formula is C13H22N4O2S. The van der Waals surface area contributed by atoms with E-state index in [0.29, 0.717) is 32.6 Å². The molecule has 2 atom stereocenters. The van der Waals surface area contributed by atoms with E-state index in [9.17, 15) is 8.42 Å². The molecule has 0 aromatic carbocycles. The zero-order valence-corrected chi connectivity index (χ0v) is 12.9. The monoisotopic (exact) mass is 298 g/mol. The van der Waals surface area contributed by atoms with Gasteiger partial charge >= 0.3 is 0 Å². The first kappa shape index (κ1) is 16.9. The van der Waals surface area contributed by atoms with Crippen LogP contribution in [0.15, 0.2) is 0 Å². The molecule has 6 nitrogen and oxygen atoms in total. The Balaban J connectivity index is 2.67. The first-order valence-electron chi connectivity index (χ1n) is 7.03. The highest BCUT2D eigenvalue weighted by molar-refractivity contribution is 7.90. The van der Waals surface area contributed by atoms with Gasteiger partial charge in [-0.05, 0) is 12.8 Å². The Labute approximate surface area is 121 Å². The molecule has 0 aromatic heterocycles. The highest BCUT2D eigenvalue weighted by Gasteiger charge is 2.34. The van der Waals surface area contributed by atoms with Crippen molar-refractivity contribution in [1.82, 2.24) is 9.21 Å². The van der Waals surface area contributed by atoms with E-state index in [1.165, 1.54) is 4.31 Å². The molecule has 1 aliphatic rings. The second kappa shape index (κ2) is 7.58. The number of nitrogens with zero attached hydrogens (tertiary/aromatic N) is 4. The number of sulfonamides is 1. The minimum Gasteiger partial charge on any atom is -0.285 e. The third kappa shape index (κ3) is 3.69. The van der Waals surface area contributed by atoms with Gasteiger partial charge in [-0.15, -0.1) is 0 Å². The molecule has 1 aliphatic heterocycles. The van der Waals surface area contributed by atoms with E-state index in [-0.39, 0.29) is 6.04 Å². The van der Waals surface area contributed by atoms with E-state index in [2.05, 4.69) is 6.07 Å². The fourth-order valence-electron chi connectivity index (χ4n) is 2.42. The first-order valence-corrected chi connectivity index (χ1v) is 8.53. The van der Waals surface area contributed by atoms with Gasteiger partial charge in [0.25, 0.3) is 0 Å². The normalized spacial score (nSPS) is 20.8. The molecule has 2 unspecified atom stereocenters. The van der Waals surface area contributed by atoms with Gasteiger partial charge in [0.15, 0.2) is 5.25 Å². The summed E-state index contributed by atoms with van der Waals surface area (Å²) >= 11 is 0. The van der Waals surface area contributed by atoms with Crippen LogP contribution in [0.4, 0.5) is 0 Å². The van der Waals surface area contributed by atoms with Crippen molar-refractivity contribution in [3.8, 4) is 12.1 Å². The van der Waals surface area contributed by atoms with Crippen LogP contribution in [0.3, 0.4) is 0 Å². The Morgan fingerprint density at radius 2 is 1.70 bits per heavy atom. The van der Waals surface area contributed by atoms with Gasteiger partial charge < -0.3 is 0 Å². The predicted octanol–water partition coefficient (Wildman–Crippen LogP) is 0.928. The summed E-state index contributed by atoms with van der Waals surface area (Å²) in [6.45, 7) is 5.57. The van der Waals surface area contributed by atoms with Gasteiger partial charge in [-0.2, -0.15) is 14.8 Å². The number of nitriles is 2. The van der Waals surface area contributed by atoms with Crippen molar-refractivity contribution in [3.05, 3.63) is 0 Å². The molecule has 1 fully saturated rings. The minimum atomic E-state index is -3.53. The lowest BCUT2D eigenvalue weighted by Gasteiger charge is -2.36. The standard InChI is InChI=1S/C13H22N4O2S/c1-3-5-12(10-14)16-6-8-17(9-7-16)20(18,19)13(4-2)11-15/h12-13H,3-9H2,1-2H3. The smallest absolute Gasteiger partial charge is 0.230 e. The second-order valence-corrected chi connectivity index (χ2v) is 7.05. The maximum Gasteiger partial charge on any atom is 0.230 e. The van der Waals surface area contributed by atoms with Crippen LogP contribution >= 0.6 is 0 Å². The Morgan fingerprint density at radius 1 is 1.10 bits per heavy atom. The van der Waals surface area contributed by atoms with E-state index < -0.39 is 15.3 Å². The lowest BCUT2D eigenvalue weighted by atomic mass is 10.1. The topological polar surface area (TPSA) is 88.2 Å². The van der Waals surface area contributed by atoms with Crippen molar-refractivity contribution in [2.75, 3.05) is 26.2 Å². The molecule has 0 aliphatic carbocycles. The van der Waals surface area contributed by atoms with Crippen LogP contribution in [0.25, 0.3) is 0 Å². The maximum absolute atomic E-state index is 12.2. The van der Waals surface area contributed by atoms with Gasteiger partial charge in [0.05, 0.1) is 18.2 Å². The molecule has 0 aromatic rings.